The van der Waals surface area contributed by atoms with Gasteiger partial charge >= 0.3 is 0 Å². The van der Waals surface area contributed by atoms with Gasteiger partial charge in [0, 0.05) is 18.1 Å². The summed E-state index contributed by atoms with van der Waals surface area (Å²) in [6, 6.07) is 0. The van der Waals surface area contributed by atoms with Crippen molar-refractivity contribution in [3.63, 3.8) is 0 Å². The third-order valence-corrected chi connectivity index (χ3v) is 5.01. The first-order valence-electron chi connectivity index (χ1n) is 6.83. The molecule has 5 heteroatoms. The van der Waals surface area contributed by atoms with Gasteiger partial charge in [0.05, 0.1) is 5.54 Å². The van der Waals surface area contributed by atoms with Crippen LogP contribution in [0.3, 0.4) is 0 Å². The fraction of sp³-hybridized carbons (Fsp3) is 0.733. The Morgan fingerprint density at radius 2 is 1.95 bits per heavy atom. The van der Waals surface area contributed by atoms with E-state index in [0.717, 1.165) is 25.0 Å². The molecule has 1 fully saturated rings. The topological polar surface area (TPSA) is 40.5 Å². The molecule has 118 valence electrons. The molecule has 1 N–H and O–H groups in total. The van der Waals surface area contributed by atoms with Crippen LogP contribution in [0, 0.1) is 0 Å². The van der Waals surface area contributed by atoms with Crippen LogP contribution in [0.25, 0.3) is 0 Å². The highest BCUT2D eigenvalue weighted by molar-refractivity contribution is 8.03. The maximum Gasteiger partial charge on any atom is 0.124 e. The number of nitrogens with zero attached hydrogens (tertiary/aromatic N) is 1. The molecule has 0 bridgehead atoms. The molecule has 0 heterocycles. The van der Waals surface area contributed by atoms with Gasteiger partial charge in [0.15, 0.2) is 0 Å². The van der Waals surface area contributed by atoms with Crippen molar-refractivity contribution in [2.45, 2.75) is 45.6 Å². The lowest BCUT2D eigenvalue weighted by Gasteiger charge is -2.50. The van der Waals surface area contributed by atoms with E-state index >= 15 is 0 Å². The Morgan fingerprint density at radius 3 is 2.25 bits per heavy atom. The summed E-state index contributed by atoms with van der Waals surface area (Å²) in [5.74, 6) is 2.97. The molecule has 1 aliphatic rings. The summed E-state index contributed by atoms with van der Waals surface area (Å²) in [6.45, 7) is 7.44. The minimum atomic E-state index is 0. The molecule has 20 heavy (non-hydrogen) atoms. The zero-order valence-corrected chi connectivity index (χ0v) is 15.8. The van der Waals surface area contributed by atoms with Crippen molar-refractivity contribution in [3.8, 4) is 0 Å². The van der Waals surface area contributed by atoms with E-state index < -0.39 is 0 Å². The number of carbonyl (C=O) groups excluding carboxylic acids is 1. The van der Waals surface area contributed by atoms with E-state index in [0.29, 0.717) is 0 Å². The van der Waals surface area contributed by atoms with Crippen molar-refractivity contribution in [1.82, 2.24) is 4.90 Å². The monoisotopic (exact) mass is 319 g/mol. The first-order chi connectivity index (χ1) is 9.12. The lowest BCUT2D eigenvalue weighted by molar-refractivity contribution is 0.0858. The number of hydrogen-bond donors (Lipinski definition) is 1. The van der Waals surface area contributed by atoms with Gasteiger partial charge in [-0.1, -0.05) is 13.8 Å². The number of aliphatic hydroxyl groups is 1. The number of allylic oxidation sites excluding steroid dienone is 2. The highest BCUT2D eigenvalue weighted by Gasteiger charge is 2.44. The minimum Gasteiger partial charge on any atom is -0.400 e. The normalized spacial score (nSPS) is 16.8. The van der Waals surface area contributed by atoms with Crippen molar-refractivity contribution in [2.24, 2.45) is 0 Å². The molecule has 0 aliphatic heterocycles. The van der Waals surface area contributed by atoms with Gasteiger partial charge in [-0.2, -0.15) is 9.90 Å². The standard InChI is InChI=1S/C14H23NOS.CH4O.H3P/c1-5-15(4)14(9-7-10-14)13(17-6-2)12(3)8-11-16;1-2;/h8H,5-7,9-10H2,1-4H3;2H,1H3;1H3/b13-12+;;. The number of thioether (sulfide) groups is 1. The van der Waals surface area contributed by atoms with Crippen molar-refractivity contribution >= 4 is 27.6 Å². The number of rotatable bonds is 6. The molecule has 0 saturated heterocycles. The van der Waals surface area contributed by atoms with Gasteiger partial charge in [0.25, 0.3) is 0 Å². The Balaban J connectivity index is 0. The molecule has 0 amide bonds. The first kappa shape index (κ1) is 22.2. The molecule has 1 atom stereocenters. The van der Waals surface area contributed by atoms with Crippen LogP contribution < -0.4 is 0 Å². The summed E-state index contributed by atoms with van der Waals surface area (Å²) in [6.07, 6.45) is 5.30. The van der Waals surface area contributed by atoms with Crippen LogP contribution in [-0.2, 0) is 4.79 Å². The molecule has 0 aromatic rings. The minimum absolute atomic E-state index is 0. The quantitative estimate of drug-likeness (QED) is 0.464. The smallest absolute Gasteiger partial charge is 0.124 e. The zero-order chi connectivity index (χ0) is 14.9. The van der Waals surface area contributed by atoms with E-state index in [1.165, 1.54) is 24.2 Å². The van der Waals surface area contributed by atoms with Crippen molar-refractivity contribution in [2.75, 3.05) is 26.5 Å². The lowest BCUT2D eigenvalue weighted by atomic mass is 9.74. The van der Waals surface area contributed by atoms with Crippen LogP contribution in [0.5, 0.6) is 0 Å². The maximum atomic E-state index is 10.6. The van der Waals surface area contributed by atoms with Crippen LogP contribution >= 0.6 is 21.7 Å². The second kappa shape index (κ2) is 11.5. The molecule has 1 aliphatic carbocycles. The number of aliphatic hydroxyl groups excluding tert-OH is 1. The van der Waals surface area contributed by atoms with Gasteiger partial charge in [0.2, 0.25) is 0 Å². The predicted octanol–water partition coefficient (Wildman–Crippen LogP) is 2.94. The fourth-order valence-electron chi connectivity index (χ4n) is 2.51. The Labute approximate surface area is 131 Å². The summed E-state index contributed by atoms with van der Waals surface area (Å²) in [4.78, 5) is 14.4. The second-order valence-corrected chi connectivity index (χ2v) is 5.88. The number of hydrogen-bond acceptors (Lipinski definition) is 4. The van der Waals surface area contributed by atoms with Gasteiger partial charge in [0.1, 0.15) is 5.94 Å². The third kappa shape index (κ3) is 5.02. The Morgan fingerprint density at radius 1 is 1.40 bits per heavy atom. The molecule has 1 rings (SSSR count). The van der Waals surface area contributed by atoms with Gasteiger partial charge < -0.3 is 5.11 Å². The maximum absolute atomic E-state index is 10.6. The molecule has 3 nitrogen and oxygen atoms in total. The highest BCUT2D eigenvalue weighted by atomic mass is 32.2. The summed E-state index contributed by atoms with van der Waals surface area (Å²) in [5, 5.41) is 7.00. The second-order valence-electron chi connectivity index (χ2n) is 4.61. The average Bonchev–Trinajstić information content (AvgIpc) is 2.38. The summed E-state index contributed by atoms with van der Waals surface area (Å²) >= 11 is 1.88. The Kier molecular flexibility index (Phi) is 12.8. The summed E-state index contributed by atoms with van der Waals surface area (Å²) < 4.78 is 0. The van der Waals surface area contributed by atoms with Crippen LogP contribution in [0.2, 0.25) is 0 Å². The number of likely N-dealkylation sites (N-methyl/N-ethyl adjacent to an activating group) is 1. The van der Waals surface area contributed by atoms with Gasteiger partial charge in [-0.3, -0.25) is 4.90 Å². The van der Waals surface area contributed by atoms with Crippen LogP contribution in [-0.4, -0.2) is 47.9 Å². The van der Waals surface area contributed by atoms with E-state index in [4.69, 9.17) is 5.11 Å². The molecular weight excluding hydrogens is 289 g/mol. The molecule has 0 spiro atoms. The van der Waals surface area contributed by atoms with Crippen molar-refractivity contribution < 1.29 is 9.90 Å². The van der Waals surface area contributed by atoms with Crippen LogP contribution in [0.1, 0.15) is 40.0 Å². The van der Waals surface area contributed by atoms with E-state index in [1.54, 1.807) is 6.08 Å². The van der Waals surface area contributed by atoms with Crippen molar-refractivity contribution in [1.29, 1.82) is 0 Å². The molecule has 0 aromatic heterocycles. The third-order valence-electron chi connectivity index (χ3n) is 3.73. The van der Waals surface area contributed by atoms with E-state index in [-0.39, 0.29) is 15.4 Å². The van der Waals surface area contributed by atoms with E-state index in [2.05, 4.69) is 25.8 Å². The Bertz CT molecular complexity index is 348. The van der Waals surface area contributed by atoms with E-state index in [9.17, 15) is 4.79 Å². The van der Waals surface area contributed by atoms with Gasteiger partial charge in [-0.15, -0.1) is 11.8 Å². The zero-order valence-electron chi connectivity index (χ0n) is 13.5. The molecule has 0 radical (unpaired) electrons. The van der Waals surface area contributed by atoms with Gasteiger partial charge in [-0.25, -0.2) is 4.79 Å². The molecule has 1 saturated carbocycles. The van der Waals surface area contributed by atoms with Crippen LogP contribution in [0.15, 0.2) is 16.6 Å². The largest absolute Gasteiger partial charge is 0.400 e. The van der Waals surface area contributed by atoms with Crippen LogP contribution in [0.4, 0.5) is 0 Å². The Hall–Kier alpha value is -0.110. The van der Waals surface area contributed by atoms with E-state index in [1.807, 2.05) is 24.6 Å². The molecule has 1 unspecified atom stereocenters. The molecule has 0 aromatic carbocycles. The average molecular weight is 319 g/mol. The summed E-state index contributed by atoms with van der Waals surface area (Å²) in [7, 11) is 3.19. The predicted molar refractivity (Wildman–Crippen MR) is 95.2 cm³/mol. The van der Waals surface area contributed by atoms with Crippen molar-refractivity contribution in [3.05, 3.63) is 16.6 Å². The first-order valence-corrected chi connectivity index (χ1v) is 7.82. The lowest BCUT2D eigenvalue weighted by Crippen LogP contribution is -2.53. The molecular formula is C15H30NO2PS. The van der Waals surface area contributed by atoms with Gasteiger partial charge in [-0.05, 0) is 51.1 Å². The SMILES string of the molecule is CCS/C(=C(\C)C=C=O)C1(N(C)CC)CCC1.CO.P. The highest BCUT2D eigenvalue weighted by Crippen LogP contribution is 2.48. The fourth-order valence-corrected chi connectivity index (χ4v) is 3.71. The summed E-state index contributed by atoms with van der Waals surface area (Å²) in [5.41, 5.74) is 1.28.